The van der Waals surface area contributed by atoms with E-state index in [1.165, 1.54) is 334 Å². The molecule has 3 N–H and O–H groups in total. The summed E-state index contributed by atoms with van der Waals surface area (Å²) in [5, 5.41) is 23.4. The third kappa shape index (κ3) is 69.1. The van der Waals surface area contributed by atoms with Crippen LogP contribution in [0.15, 0.2) is 36.5 Å². The smallest absolute Gasteiger partial charge is 0.305 e. The van der Waals surface area contributed by atoms with E-state index in [0.29, 0.717) is 25.9 Å². The second kappa shape index (κ2) is 72.6. The fraction of sp³-hybridized carbons (Fsp3) is 0.896. The molecule has 83 heavy (non-hydrogen) atoms. The Labute approximate surface area is 519 Å². The fourth-order valence-electron chi connectivity index (χ4n) is 11.9. The average Bonchev–Trinajstić information content (AvgIpc) is 3.49. The van der Waals surface area contributed by atoms with E-state index in [1.807, 2.05) is 0 Å². The van der Waals surface area contributed by atoms with E-state index in [1.54, 1.807) is 0 Å². The van der Waals surface area contributed by atoms with Crippen molar-refractivity contribution in [1.82, 2.24) is 5.32 Å². The zero-order valence-electron chi connectivity index (χ0n) is 56.2. The molecule has 0 spiro atoms. The number of aliphatic hydroxyl groups is 2. The molecule has 0 saturated carbocycles. The first kappa shape index (κ1) is 81.1. The van der Waals surface area contributed by atoms with E-state index in [0.717, 1.165) is 51.4 Å². The average molecular weight is 1170 g/mol. The van der Waals surface area contributed by atoms with Crippen molar-refractivity contribution in [3.8, 4) is 0 Å². The summed E-state index contributed by atoms with van der Waals surface area (Å²) in [6, 6.07) is -0.540. The molecular weight excluding hydrogens is 1020 g/mol. The van der Waals surface area contributed by atoms with Gasteiger partial charge in [-0.25, -0.2) is 0 Å². The maximum Gasteiger partial charge on any atom is 0.305 e. The van der Waals surface area contributed by atoms with Gasteiger partial charge in [0, 0.05) is 12.8 Å². The zero-order valence-corrected chi connectivity index (χ0v) is 56.2. The first-order valence-corrected chi connectivity index (χ1v) is 37.7. The van der Waals surface area contributed by atoms with Gasteiger partial charge in [-0.15, -0.1) is 0 Å². The van der Waals surface area contributed by atoms with Gasteiger partial charge in [0.1, 0.15) is 0 Å². The van der Waals surface area contributed by atoms with Crippen molar-refractivity contribution in [3.05, 3.63) is 36.5 Å². The minimum absolute atomic E-state index is 0.00795. The Hall–Kier alpha value is -1.92. The number of esters is 1. The molecule has 0 aromatic carbocycles. The third-order valence-electron chi connectivity index (χ3n) is 17.7. The van der Waals surface area contributed by atoms with Crippen LogP contribution in [0.4, 0.5) is 0 Å². The SMILES string of the molecule is CCCCCC/C=C\CCCCCCCC(=O)OCCCCCCCCCCCCC/C=C\C/C=C\CCCCCCCCCCCCCCCCCCCC(=O)NC(CO)C(O)CCCCCCCCCCCCCCCCCCCC. The number of aliphatic hydroxyl groups excluding tert-OH is 2. The van der Waals surface area contributed by atoms with Crippen LogP contribution >= 0.6 is 0 Å². The summed E-state index contributed by atoms with van der Waals surface area (Å²) in [6.45, 7) is 4.97. The van der Waals surface area contributed by atoms with E-state index in [4.69, 9.17) is 4.74 Å². The maximum atomic E-state index is 12.5. The van der Waals surface area contributed by atoms with Gasteiger partial charge in [-0.2, -0.15) is 0 Å². The minimum atomic E-state index is -0.663. The summed E-state index contributed by atoms with van der Waals surface area (Å²) in [6.07, 6.45) is 93.6. The Balaban J connectivity index is 3.37. The van der Waals surface area contributed by atoms with Crippen LogP contribution in [0.5, 0.6) is 0 Å². The number of hydrogen-bond donors (Lipinski definition) is 3. The van der Waals surface area contributed by atoms with Crippen LogP contribution in [-0.4, -0.2) is 47.4 Å². The van der Waals surface area contributed by atoms with E-state index in [2.05, 4.69) is 55.6 Å². The van der Waals surface area contributed by atoms with Crippen molar-refractivity contribution in [2.75, 3.05) is 13.2 Å². The van der Waals surface area contributed by atoms with Gasteiger partial charge in [-0.1, -0.05) is 359 Å². The monoisotopic (exact) mass is 1170 g/mol. The van der Waals surface area contributed by atoms with Crippen molar-refractivity contribution < 1.29 is 24.5 Å². The quantitative estimate of drug-likeness (QED) is 0.0320. The first-order valence-electron chi connectivity index (χ1n) is 37.7. The van der Waals surface area contributed by atoms with Crippen molar-refractivity contribution in [3.63, 3.8) is 0 Å². The van der Waals surface area contributed by atoms with Gasteiger partial charge in [0.05, 0.1) is 25.4 Å². The summed E-state index contributed by atoms with van der Waals surface area (Å²) in [7, 11) is 0. The van der Waals surface area contributed by atoms with Gasteiger partial charge in [-0.05, 0) is 83.5 Å². The Morgan fingerprint density at radius 3 is 0.940 bits per heavy atom. The lowest BCUT2D eigenvalue weighted by Gasteiger charge is -2.22. The molecule has 0 radical (unpaired) electrons. The summed E-state index contributed by atoms with van der Waals surface area (Å²) in [5.41, 5.74) is 0. The molecule has 2 unspecified atom stereocenters. The lowest BCUT2D eigenvalue weighted by atomic mass is 10.0. The van der Waals surface area contributed by atoms with E-state index < -0.39 is 12.1 Å². The van der Waals surface area contributed by atoms with Gasteiger partial charge in [0.15, 0.2) is 0 Å². The number of carbonyl (C=O) groups is 2. The molecule has 0 aliphatic heterocycles. The van der Waals surface area contributed by atoms with E-state index >= 15 is 0 Å². The molecule has 0 aliphatic carbocycles. The molecule has 0 aliphatic rings. The van der Waals surface area contributed by atoms with E-state index in [9.17, 15) is 19.8 Å². The Bertz CT molecular complexity index is 1340. The van der Waals surface area contributed by atoms with Crippen molar-refractivity contribution in [2.45, 2.75) is 431 Å². The topological polar surface area (TPSA) is 95.9 Å². The molecule has 0 aromatic heterocycles. The van der Waals surface area contributed by atoms with Gasteiger partial charge in [0.2, 0.25) is 5.91 Å². The molecule has 0 aromatic rings. The first-order chi connectivity index (χ1) is 41.0. The largest absolute Gasteiger partial charge is 0.466 e. The van der Waals surface area contributed by atoms with Crippen LogP contribution in [0, 0.1) is 0 Å². The minimum Gasteiger partial charge on any atom is -0.466 e. The second-order valence-electron chi connectivity index (χ2n) is 26.0. The summed E-state index contributed by atoms with van der Waals surface area (Å²) >= 11 is 0. The van der Waals surface area contributed by atoms with Crippen LogP contribution in [-0.2, 0) is 14.3 Å². The fourth-order valence-corrected chi connectivity index (χ4v) is 11.9. The van der Waals surface area contributed by atoms with E-state index in [-0.39, 0.29) is 18.5 Å². The molecule has 0 fully saturated rings. The molecule has 1 amide bonds. The number of unbranched alkanes of at least 4 members (excludes halogenated alkanes) is 54. The predicted molar refractivity (Wildman–Crippen MR) is 366 cm³/mol. The zero-order chi connectivity index (χ0) is 59.9. The van der Waals surface area contributed by atoms with Gasteiger partial charge >= 0.3 is 5.97 Å². The lowest BCUT2D eigenvalue weighted by molar-refractivity contribution is -0.143. The molecule has 0 bridgehead atoms. The normalized spacial score (nSPS) is 12.7. The highest BCUT2D eigenvalue weighted by atomic mass is 16.5. The predicted octanol–water partition coefficient (Wildman–Crippen LogP) is 24.7. The summed E-state index contributed by atoms with van der Waals surface area (Å²) < 4.78 is 5.48. The summed E-state index contributed by atoms with van der Waals surface area (Å²) in [5.74, 6) is -0.0207. The molecule has 6 heteroatoms. The van der Waals surface area contributed by atoms with Crippen molar-refractivity contribution in [2.24, 2.45) is 0 Å². The van der Waals surface area contributed by atoms with Gasteiger partial charge in [0.25, 0.3) is 0 Å². The second-order valence-corrected chi connectivity index (χ2v) is 26.0. The highest BCUT2D eigenvalue weighted by Gasteiger charge is 2.20. The van der Waals surface area contributed by atoms with Crippen LogP contribution < -0.4 is 5.32 Å². The number of carbonyl (C=O) groups excluding carboxylic acids is 2. The highest BCUT2D eigenvalue weighted by molar-refractivity contribution is 5.76. The lowest BCUT2D eigenvalue weighted by Crippen LogP contribution is -2.45. The number of nitrogens with one attached hydrogen (secondary N) is 1. The number of allylic oxidation sites excluding steroid dienone is 6. The molecule has 6 nitrogen and oxygen atoms in total. The van der Waals surface area contributed by atoms with Crippen molar-refractivity contribution >= 4 is 11.9 Å². The van der Waals surface area contributed by atoms with Crippen LogP contribution in [0.2, 0.25) is 0 Å². The Morgan fingerprint density at radius 1 is 0.337 bits per heavy atom. The number of rotatable bonds is 71. The molecular formula is C77H147NO5. The van der Waals surface area contributed by atoms with Crippen molar-refractivity contribution in [1.29, 1.82) is 0 Å². The highest BCUT2D eigenvalue weighted by Crippen LogP contribution is 2.19. The number of hydrogen-bond acceptors (Lipinski definition) is 5. The van der Waals surface area contributed by atoms with Crippen LogP contribution in [0.25, 0.3) is 0 Å². The molecule has 490 valence electrons. The number of amides is 1. The Kier molecular flexibility index (Phi) is 70.9. The van der Waals surface area contributed by atoms with Crippen LogP contribution in [0.3, 0.4) is 0 Å². The van der Waals surface area contributed by atoms with Gasteiger partial charge < -0.3 is 20.3 Å². The molecule has 0 rings (SSSR count). The maximum absolute atomic E-state index is 12.5. The number of ether oxygens (including phenoxy) is 1. The third-order valence-corrected chi connectivity index (χ3v) is 17.7. The molecule has 0 heterocycles. The standard InChI is InChI=1S/C77H147NO5/c1-3-5-7-9-11-13-15-17-18-19-39-42-46-49-53-57-61-65-69-75(80)74(73-79)78-76(81)70-66-62-58-54-50-47-43-40-37-35-33-31-29-27-25-23-21-20-22-24-26-28-30-32-34-36-38-41-44-48-52-56-60-64-68-72-83-77(82)71-67-63-59-55-51-45-16-14-12-10-8-6-4-2/h14,16,22,24,28,30,74-75,79-80H,3-13,15,17-21,23,25-27,29,31-73H2,1-2H3,(H,78,81)/b16-14-,24-22-,30-28-. The van der Waals surface area contributed by atoms with Gasteiger partial charge in [-0.3, -0.25) is 9.59 Å². The molecule has 0 saturated heterocycles. The summed E-state index contributed by atoms with van der Waals surface area (Å²) in [4.78, 5) is 24.6. The van der Waals surface area contributed by atoms with Crippen LogP contribution in [0.1, 0.15) is 418 Å². The molecule has 2 atom stereocenters. The Morgan fingerprint density at radius 2 is 0.602 bits per heavy atom.